The fourth-order valence-electron chi connectivity index (χ4n) is 7.87. The van der Waals surface area contributed by atoms with E-state index in [0.717, 1.165) is 31.1 Å². The van der Waals surface area contributed by atoms with E-state index in [1.807, 2.05) is 6.92 Å². The average Bonchev–Trinajstić information content (AvgIpc) is 2.78. The van der Waals surface area contributed by atoms with Crippen molar-refractivity contribution < 1.29 is 9.90 Å². The lowest BCUT2D eigenvalue weighted by Gasteiger charge is -2.57. The van der Waals surface area contributed by atoms with Gasteiger partial charge in [-0.25, -0.2) is 0 Å². The molecule has 0 amide bonds. The first kappa shape index (κ1) is 16.8. The van der Waals surface area contributed by atoms with E-state index >= 15 is 0 Å². The molecule has 0 aromatic heterocycles. The molecule has 24 heavy (non-hydrogen) atoms. The molecular weight excluding hydrogens is 296 g/mol. The van der Waals surface area contributed by atoms with Crippen molar-refractivity contribution in [2.24, 2.45) is 40.4 Å². The summed E-state index contributed by atoms with van der Waals surface area (Å²) in [6.45, 7) is 9.04. The van der Waals surface area contributed by atoms with Gasteiger partial charge in [-0.15, -0.1) is 0 Å². The molecule has 0 heterocycles. The van der Waals surface area contributed by atoms with Crippen LogP contribution in [0.25, 0.3) is 0 Å². The Morgan fingerprint density at radius 1 is 1.21 bits per heavy atom. The van der Waals surface area contributed by atoms with E-state index in [1.165, 1.54) is 25.7 Å². The van der Waals surface area contributed by atoms with Gasteiger partial charge in [0, 0.05) is 5.92 Å². The molecule has 0 radical (unpaired) electrons. The van der Waals surface area contributed by atoms with E-state index in [-0.39, 0.29) is 17.4 Å². The van der Waals surface area contributed by atoms with Crippen molar-refractivity contribution in [3.05, 3.63) is 11.6 Å². The van der Waals surface area contributed by atoms with Crippen LogP contribution in [0.15, 0.2) is 11.6 Å². The maximum Gasteiger partial charge on any atom is 0.133 e. The highest BCUT2D eigenvalue weighted by Gasteiger charge is 2.61. The summed E-state index contributed by atoms with van der Waals surface area (Å²) < 4.78 is 0. The number of aliphatic hydroxyl groups is 1. The summed E-state index contributed by atoms with van der Waals surface area (Å²) in [5.74, 6) is 3.46. The number of carbonyl (C=O) groups excluding carboxylic acids is 1. The van der Waals surface area contributed by atoms with Crippen LogP contribution >= 0.6 is 0 Å². The van der Waals surface area contributed by atoms with Gasteiger partial charge in [-0.05, 0) is 86.4 Å². The van der Waals surface area contributed by atoms with Crippen LogP contribution in [0.1, 0.15) is 72.6 Å². The zero-order valence-electron chi connectivity index (χ0n) is 15.8. The fourth-order valence-corrected chi connectivity index (χ4v) is 7.87. The molecule has 8 atom stereocenters. The molecule has 2 nitrogen and oxygen atoms in total. The summed E-state index contributed by atoms with van der Waals surface area (Å²) in [4.78, 5) is 12.4. The Morgan fingerprint density at radius 2 is 1.96 bits per heavy atom. The number of Topliss-reactive ketones (excluding diaryl/α,β-unsaturated/α-hetero) is 1. The maximum absolute atomic E-state index is 12.4. The van der Waals surface area contributed by atoms with Crippen molar-refractivity contribution in [2.75, 3.05) is 0 Å². The number of rotatable bonds is 1. The molecule has 3 saturated carbocycles. The third-order valence-corrected chi connectivity index (χ3v) is 8.86. The predicted octanol–water partition coefficient (Wildman–Crippen LogP) is 4.76. The quantitative estimate of drug-likeness (QED) is 0.704. The van der Waals surface area contributed by atoms with Crippen LogP contribution in [0.3, 0.4) is 0 Å². The van der Waals surface area contributed by atoms with E-state index in [2.05, 4.69) is 26.8 Å². The fraction of sp³-hybridized carbons (Fsp3) is 0.864. The molecule has 2 heteroatoms. The van der Waals surface area contributed by atoms with Gasteiger partial charge in [0.05, 0.1) is 6.10 Å². The molecule has 4 aliphatic carbocycles. The number of allylic oxidation sites excluding steroid dienone is 1. The van der Waals surface area contributed by atoms with E-state index in [9.17, 15) is 9.90 Å². The molecular formula is C22H34O2. The number of fused-ring (bicyclic) bond motifs is 5. The van der Waals surface area contributed by atoms with Gasteiger partial charge in [0.15, 0.2) is 0 Å². The molecule has 4 rings (SSSR count). The predicted molar refractivity (Wildman–Crippen MR) is 96.4 cm³/mol. The number of aliphatic hydroxyl groups excluding tert-OH is 1. The lowest BCUT2D eigenvalue weighted by atomic mass is 9.47. The largest absolute Gasteiger partial charge is 0.393 e. The Bertz CT molecular complexity index is 579. The van der Waals surface area contributed by atoms with Crippen LogP contribution < -0.4 is 0 Å². The highest BCUT2D eigenvalue weighted by molar-refractivity contribution is 5.80. The van der Waals surface area contributed by atoms with Crippen molar-refractivity contribution in [1.82, 2.24) is 0 Å². The smallest absolute Gasteiger partial charge is 0.133 e. The van der Waals surface area contributed by atoms with Gasteiger partial charge in [0.25, 0.3) is 0 Å². The summed E-state index contributed by atoms with van der Waals surface area (Å²) in [6, 6.07) is 0. The second kappa shape index (κ2) is 5.43. The van der Waals surface area contributed by atoms with Crippen molar-refractivity contribution in [1.29, 1.82) is 0 Å². The van der Waals surface area contributed by atoms with Gasteiger partial charge in [0.1, 0.15) is 5.78 Å². The summed E-state index contributed by atoms with van der Waals surface area (Å²) in [5, 5.41) is 10.1. The maximum atomic E-state index is 12.4. The number of ketones is 1. The SMILES string of the molecule is CC(=O)[C@@H]1[C@@H](C)C[C@@H]2[C@H]3CC=C4C[C@@H](O)CC[C@]4(C)[C@@H]3CC[C@]21C. The normalized spacial score (nSPS) is 53.6. The van der Waals surface area contributed by atoms with Gasteiger partial charge in [-0.1, -0.05) is 32.4 Å². The molecule has 3 fully saturated rings. The summed E-state index contributed by atoms with van der Waals surface area (Å²) in [5.41, 5.74) is 2.07. The minimum Gasteiger partial charge on any atom is -0.393 e. The third-order valence-electron chi connectivity index (χ3n) is 8.86. The van der Waals surface area contributed by atoms with Gasteiger partial charge < -0.3 is 5.11 Å². The van der Waals surface area contributed by atoms with Crippen molar-refractivity contribution in [3.8, 4) is 0 Å². The molecule has 0 aromatic carbocycles. The van der Waals surface area contributed by atoms with Gasteiger partial charge >= 0.3 is 0 Å². The molecule has 1 N–H and O–H groups in total. The lowest BCUT2D eigenvalue weighted by Crippen LogP contribution is -2.51. The average molecular weight is 331 g/mol. The highest BCUT2D eigenvalue weighted by Crippen LogP contribution is 2.67. The Morgan fingerprint density at radius 3 is 2.67 bits per heavy atom. The van der Waals surface area contributed by atoms with Gasteiger partial charge in [0.2, 0.25) is 0 Å². The van der Waals surface area contributed by atoms with Crippen LogP contribution in [0.5, 0.6) is 0 Å². The first-order valence-electron chi connectivity index (χ1n) is 10.2. The molecule has 0 unspecified atom stereocenters. The first-order chi connectivity index (χ1) is 11.3. The van der Waals surface area contributed by atoms with Crippen LogP contribution in [0.4, 0.5) is 0 Å². The zero-order valence-corrected chi connectivity index (χ0v) is 15.8. The first-order valence-corrected chi connectivity index (χ1v) is 10.2. The summed E-state index contributed by atoms with van der Waals surface area (Å²) in [7, 11) is 0. The standard InChI is InChI=1S/C22H34O2/c1-13-11-19-17-6-5-15-12-16(24)7-9-21(15,3)18(17)8-10-22(19,4)20(13)14(2)23/h5,13,16-20,24H,6-12H2,1-4H3/t13-,16-,17-,18+,19+,20-,21-,22+/m0/s1. The van der Waals surface area contributed by atoms with E-state index < -0.39 is 0 Å². The van der Waals surface area contributed by atoms with Crippen LogP contribution in [0, 0.1) is 40.4 Å². The Kier molecular flexibility index (Phi) is 3.81. The Balaban J connectivity index is 1.68. The van der Waals surface area contributed by atoms with Crippen molar-refractivity contribution >= 4 is 5.78 Å². The van der Waals surface area contributed by atoms with Gasteiger partial charge in [-0.3, -0.25) is 4.79 Å². The summed E-state index contributed by atoms with van der Waals surface area (Å²) in [6.07, 6.45) is 10.3. The second-order valence-corrected chi connectivity index (χ2v) is 10.0. The topological polar surface area (TPSA) is 37.3 Å². The van der Waals surface area contributed by atoms with E-state index in [0.29, 0.717) is 23.0 Å². The molecule has 0 spiro atoms. The summed E-state index contributed by atoms with van der Waals surface area (Å²) >= 11 is 0. The minimum absolute atomic E-state index is 0.122. The van der Waals surface area contributed by atoms with Crippen LogP contribution in [-0.4, -0.2) is 17.0 Å². The molecule has 0 bridgehead atoms. The zero-order chi connectivity index (χ0) is 17.3. The Hall–Kier alpha value is -0.630. The number of hydrogen-bond acceptors (Lipinski definition) is 2. The molecule has 0 aliphatic heterocycles. The van der Waals surface area contributed by atoms with E-state index in [4.69, 9.17) is 0 Å². The highest BCUT2D eigenvalue weighted by atomic mass is 16.3. The van der Waals surface area contributed by atoms with Crippen molar-refractivity contribution in [3.63, 3.8) is 0 Å². The van der Waals surface area contributed by atoms with Crippen molar-refractivity contribution in [2.45, 2.75) is 78.7 Å². The minimum atomic E-state index is -0.122. The molecule has 4 aliphatic rings. The van der Waals surface area contributed by atoms with E-state index in [1.54, 1.807) is 5.57 Å². The molecule has 134 valence electrons. The second-order valence-electron chi connectivity index (χ2n) is 10.0. The third kappa shape index (κ3) is 2.14. The lowest BCUT2D eigenvalue weighted by molar-refractivity contribution is -0.128. The van der Waals surface area contributed by atoms with Gasteiger partial charge in [-0.2, -0.15) is 0 Å². The van der Waals surface area contributed by atoms with Crippen LogP contribution in [-0.2, 0) is 4.79 Å². The molecule has 0 saturated heterocycles. The monoisotopic (exact) mass is 330 g/mol. The van der Waals surface area contributed by atoms with Crippen LogP contribution in [0.2, 0.25) is 0 Å². The number of hydrogen-bond donors (Lipinski definition) is 1. The number of carbonyl (C=O) groups is 1. The molecule has 0 aromatic rings. The Labute approximate surface area is 147 Å².